The van der Waals surface area contributed by atoms with Gasteiger partial charge < -0.3 is 23.7 Å². The molecule has 4 aromatic rings. The van der Waals surface area contributed by atoms with E-state index in [-0.39, 0.29) is 35.4 Å². The maximum Gasteiger partial charge on any atom is 0.343 e. The predicted octanol–water partition coefficient (Wildman–Crippen LogP) is 6.24. The van der Waals surface area contributed by atoms with Crippen LogP contribution >= 0.6 is 57.1 Å². The van der Waals surface area contributed by atoms with E-state index in [1.807, 2.05) is 24.3 Å². The Labute approximate surface area is 309 Å². The minimum absolute atomic E-state index is 0.128. The molecular weight excluding hydrogens is 806 g/mol. The Balaban J connectivity index is 1.56. The molecule has 0 fully saturated rings. The minimum Gasteiger partial charge on any atom is -0.490 e. The number of ether oxygens (including phenoxy) is 5. The van der Waals surface area contributed by atoms with Gasteiger partial charge in [-0.3, -0.25) is 9.36 Å². The molecule has 0 saturated carbocycles. The highest BCUT2D eigenvalue weighted by molar-refractivity contribution is 14.1. The zero-order valence-corrected chi connectivity index (χ0v) is 31.4. The number of fused-ring (bicyclic) bond motifs is 1. The first-order valence-electron chi connectivity index (χ1n) is 15.1. The van der Waals surface area contributed by atoms with Gasteiger partial charge in [-0.2, -0.15) is 0 Å². The fourth-order valence-corrected chi connectivity index (χ4v) is 7.09. The first-order valence-corrected chi connectivity index (χ1v) is 17.7. The van der Waals surface area contributed by atoms with Gasteiger partial charge in [-0.05, 0) is 103 Å². The van der Waals surface area contributed by atoms with Crippen molar-refractivity contribution in [1.29, 1.82) is 0 Å². The highest BCUT2D eigenvalue weighted by atomic mass is 127. The summed E-state index contributed by atoms with van der Waals surface area (Å²) in [4.78, 5) is 44.2. The minimum atomic E-state index is -0.907. The van der Waals surface area contributed by atoms with Gasteiger partial charge in [0, 0.05) is 3.57 Å². The Hall–Kier alpha value is -3.85. The van der Waals surface area contributed by atoms with Gasteiger partial charge in [-0.25, -0.2) is 14.6 Å². The normalized spacial score (nSPS) is 14.2. The summed E-state index contributed by atoms with van der Waals surface area (Å²) in [6, 6.07) is 15.3. The second-order valence-corrected chi connectivity index (χ2v) is 13.6. The van der Waals surface area contributed by atoms with Crippen molar-refractivity contribution in [2.24, 2.45) is 4.99 Å². The number of methoxy groups -OCH3 is 1. The third-order valence-corrected chi connectivity index (χ3v) is 9.55. The van der Waals surface area contributed by atoms with Crippen LogP contribution in [0.3, 0.4) is 0 Å². The number of esters is 2. The van der Waals surface area contributed by atoms with Gasteiger partial charge >= 0.3 is 11.9 Å². The Morgan fingerprint density at radius 2 is 1.69 bits per heavy atom. The molecule has 49 heavy (non-hydrogen) atoms. The van der Waals surface area contributed by atoms with E-state index in [4.69, 9.17) is 42.1 Å². The van der Waals surface area contributed by atoms with Crippen molar-refractivity contribution in [3.63, 3.8) is 0 Å². The maximum atomic E-state index is 14.2. The summed E-state index contributed by atoms with van der Waals surface area (Å²) in [5.74, 6) is -0.224. The van der Waals surface area contributed by atoms with Crippen molar-refractivity contribution >= 4 is 75.1 Å². The molecular formula is C35H31Cl2IN2O8S. The van der Waals surface area contributed by atoms with Crippen LogP contribution in [0.4, 0.5) is 0 Å². The quantitative estimate of drug-likeness (QED) is 0.122. The van der Waals surface area contributed by atoms with E-state index >= 15 is 0 Å². The van der Waals surface area contributed by atoms with Gasteiger partial charge in [-0.1, -0.05) is 52.7 Å². The number of hydrogen-bond donors (Lipinski definition) is 0. The summed E-state index contributed by atoms with van der Waals surface area (Å²) in [5, 5.41) is 0.571. The second kappa shape index (κ2) is 16.2. The van der Waals surface area contributed by atoms with Crippen LogP contribution in [0.15, 0.2) is 75.7 Å². The molecule has 0 bridgehead atoms. The standard InChI is InChI=1S/C35H31Cl2IN2O8S/c1-5-45-27-16-22(9-12-26(27)47-18-29(41)44-4)31-30(34(43)46-6-2)19(3)39-35-40(31)33(42)28(49-35)15-21-13-24(36)32(25(37)14-21)48-17-20-7-10-23(38)11-8-20/h7-16,31H,5-6,17-18H2,1-4H3/b28-15-/t31-/m1/s1. The number of halogens is 3. The van der Waals surface area contributed by atoms with E-state index in [1.54, 1.807) is 57.2 Å². The molecule has 0 saturated heterocycles. The number of rotatable bonds is 12. The molecule has 0 amide bonds. The lowest BCUT2D eigenvalue weighted by atomic mass is 9.95. The Bertz CT molecular complexity index is 2090. The molecule has 0 unspecified atom stereocenters. The Morgan fingerprint density at radius 3 is 2.35 bits per heavy atom. The lowest BCUT2D eigenvalue weighted by Gasteiger charge is -2.25. The largest absolute Gasteiger partial charge is 0.490 e. The lowest BCUT2D eigenvalue weighted by Crippen LogP contribution is -2.40. The summed E-state index contributed by atoms with van der Waals surface area (Å²) < 4.78 is 30.4. The van der Waals surface area contributed by atoms with Crippen LogP contribution in [0, 0.1) is 3.57 Å². The van der Waals surface area contributed by atoms with Gasteiger partial charge in [-0.15, -0.1) is 0 Å². The molecule has 1 aromatic heterocycles. The number of benzene rings is 3. The lowest BCUT2D eigenvalue weighted by molar-refractivity contribution is -0.143. The molecule has 0 N–H and O–H groups in total. The third kappa shape index (κ3) is 8.31. The highest BCUT2D eigenvalue weighted by Gasteiger charge is 2.34. The van der Waals surface area contributed by atoms with Gasteiger partial charge in [0.15, 0.2) is 28.7 Å². The molecule has 1 aliphatic heterocycles. The topological polar surface area (TPSA) is 115 Å². The molecule has 0 spiro atoms. The SMILES string of the molecule is CCOC(=O)C1=C(C)N=c2s/c(=C\c3cc(Cl)c(OCc4ccc(I)cc4)c(Cl)c3)c(=O)n2[C@@H]1c1ccc(OCC(=O)OC)c(OCC)c1. The number of nitrogens with zero attached hydrogens (tertiary/aromatic N) is 2. The van der Waals surface area contributed by atoms with Crippen molar-refractivity contribution in [1.82, 2.24) is 4.57 Å². The van der Waals surface area contributed by atoms with E-state index in [0.29, 0.717) is 50.0 Å². The maximum absolute atomic E-state index is 14.2. The van der Waals surface area contributed by atoms with E-state index < -0.39 is 23.5 Å². The molecule has 5 rings (SSSR count). The molecule has 0 aliphatic carbocycles. The number of carbonyl (C=O) groups excluding carboxylic acids is 2. The number of aromatic nitrogens is 1. The predicted molar refractivity (Wildman–Crippen MR) is 195 cm³/mol. The summed E-state index contributed by atoms with van der Waals surface area (Å²) in [5.41, 5.74) is 2.29. The molecule has 1 aliphatic rings. The fourth-order valence-electron chi connectivity index (χ4n) is 5.07. The van der Waals surface area contributed by atoms with Crippen molar-refractivity contribution in [2.75, 3.05) is 26.9 Å². The van der Waals surface area contributed by atoms with Gasteiger partial charge in [0.25, 0.3) is 5.56 Å². The van der Waals surface area contributed by atoms with E-state index in [2.05, 4.69) is 32.3 Å². The molecule has 14 heteroatoms. The van der Waals surface area contributed by atoms with E-state index in [0.717, 1.165) is 20.5 Å². The molecule has 3 aromatic carbocycles. The van der Waals surface area contributed by atoms with Gasteiger partial charge in [0.2, 0.25) is 0 Å². The van der Waals surface area contributed by atoms with Crippen LogP contribution < -0.4 is 29.1 Å². The average Bonchev–Trinajstić information content (AvgIpc) is 3.37. The summed E-state index contributed by atoms with van der Waals surface area (Å²) >= 11 is 16.6. The highest BCUT2D eigenvalue weighted by Crippen LogP contribution is 2.37. The van der Waals surface area contributed by atoms with Crippen LogP contribution in [0.25, 0.3) is 6.08 Å². The monoisotopic (exact) mass is 836 g/mol. The van der Waals surface area contributed by atoms with Crippen LogP contribution in [-0.4, -0.2) is 43.4 Å². The Kier molecular flexibility index (Phi) is 12.1. The zero-order valence-electron chi connectivity index (χ0n) is 26.9. The molecule has 10 nitrogen and oxygen atoms in total. The molecule has 1 atom stereocenters. The number of hydrogen-bond acceptors (Lipinski definition) is 10. The second-order valence-electron chi connectivity index (χ2n) is 10.5. The summed E-state index contributed by atoms with van der Waals surface area (Å²) in [6.07, 6.45) is 1.67. The molecule has 0 radical (unpaired) electrons. The first kappa shape index (κ1) is 36.4. The van der Waals surface area contributed by atoms with Crippen molar-refractivity contribution < 1.29 is 33.3 Å². The van der Waals surface area contributed by atoms with E-state index in [1.165, 1.54) is 11.7 Å². The fraction of sp³-hybridized carbons (Fsp3) is 0.257. The summed E-state index contributed by atoms with van der Waals surface area (Å²) in [6.45, 7) is 5.57. The smallest absolute Gasteiger partial charge is 0.343 e. The Morgan fingerprint density at radius 1 is 0.980 bits per heavy atom. The number of allylic oxidation sites excluding steroid dienone is 1. The molecule has 2 heterocycles. The first-order chi connectivity index (χ1) is 23.5. The number of carbonyl (C=O) groups is 2. The summed E-state index contributed by atoms with van der Waals surface area (Å²) in [7, 11) is 1.26. The van der Waals surface area contributed by atoms with Crippen molar-refractivity contribution in [3.05, 3.63) is 116 Å². The van der Waals surface area contributed by atoms with Crippen molar-refractivity contribution in [2.45, 2.75) is 33.4 Å². The zero-order chi connectivity index (χ0) is 35.2. The van der Waals surface area contributed by atoms with Crippen LogP contribution in [0.1, 0.15) is 43.5 Å². The van der Waals surface area contributed by atoms with Crippen molar-refractivity contribution in [3.8, 4) is 17.2 Å². The number of thiazole rings is 1. The van der Waals surface area contributed by atoms with Crippen LogP contribution in [0.2, 0.25) is 10.0 Å². The van der Waals surface area contributed by atoms with Gasteiger partial charge in [0.1, 0.15) is 6.61 Å². The van der Waals surface area contributed by atoms with Crippen LogP contribution in [-0.2, 0) is 25.7 Å². The average molecular weight is 838 g/mol. The van der Waals surface area contributed by atoms with Gasteiger partial charge in [0.05, 0.1) is 52.2 Å². The molecule has 256 valence electrons. The third-order valence-electron chi connectivity index (χ3n) is 7.29. The van der Waals surface area contributed by atoms with E-state index in [9.17, 15) is 14.4 Å². The van der Waals surface area contributed by atoms with Crippen LogP contribution in [0.5, 0.6) is 17.2 Å².